The Bertz CT molecular complexity index is 439. The first kappa shape index (κ1) is 13.1. The van der Waals surface area contributed by atoms with Gasteiger partial charge >= 0.3 is 0 Å². The normalized spacial score (nSPS) is 20.4. The highest BCUT2D eigenvalue weighted by molar-refractivity contribution is 14.1. The third-order valence-corrected chi connectivity index (χ3v) is 4.42. The molecule has 0 unspecified atom stereocenters. The summed E-state index contributed by atoms with van der Waals surface area (Å²) in [6.07, 6.45) is 1.23. The van der Waals surface area contributed by atoms with E-state index in [9.17, 15) is 9.90 Å². The Kier molecular flexibility index (Phi) is 4.27. The zero-order chi connectivity index (χ0) is 12.4. The largest absolute Gasteiger partial charge is 0.391 e. The van der Waals surface area contributed by atoms with Crippen LogP contribution in [0.25, 0.3) is 0 Å². The van der Waals surface area contributed by atoms with Crippen molar-refractivity contribution < 1.29 is 9.90 Å². The Labute approximate surface area is 119 Å². The van der Waals surface area contributed by atoms with Crippen molar-refractivity contribution in [3.63, 3.8) is 0 Å². The van der Waals surface area contributed by atoms with E-state index in [-0.39, 0.29) is 5.91 Å². The number of hydrogen-bond donors (Lipinski definition) is 1. The molecule has 1 aliphatic heterocycles. The third kappa shape index (κ3) is 3.11. The zero-order valence-corrected chi connectivity index (χ0v) is 12.1. The summed E-state index contributed by atoms with van der Waals surface area (Å²) in [7, 11) is 0. The van der Waals surface area contributed by atoms with Crippen LogP contribution in [0.15, 0.2) is 18.2 Å². The molecule has 1 aliphatic rings. The van der Waals surface area contributed by atoms with E-state index >= 15 is 0 Å². The van der Waals surface area contributed by atoms with Crippen LogP contribution in [0.4, 0.5) is 0 Å². The van der Waals surface area contributed by atoms with Crippen LogP contribution < -0.4 is 0 Å². The number of carbonyl (C=O) groups is 1. The second-order valence-electron chi connectivity index (χ2n) is 4.18. The van der Waals surface area contributed by atoms with Crippen molar-refractivity contribution in [2.75, 3.05) is 13.1 Å². The van der Waals surface area contributed by atoms with Gasteiger partial charge in [-0.05, 0) is 53.6 Å². The molecule has 3 nitrogen and oxygen atoms in total. The van der Waals surface area contributed by atoms with Gasteiger partial charge in [-0.25, -0.2) is 0 Å². The lowest BCUT2D eigenvalue weighted by Gasteiger charge is -2.30. The molecular weight excluding hydrogens is 352 g/mol. The highest BCUT2D eigenvalue weighted by Gasteiger charge is 2.23. The topological polar surface area (TPSA) is 40.5 Å². The number of hydrogen-bond acceptors (Lipinski definition) is 2. The summed E-state index contributed by atoms with van der Waals surface area (Å²) >= 11 is 8.12. The average molecular weight is 366 g/mol. The summed E-state index contributed by atoms with van der Waals surface area (Å²) in [5.41, 5.74) is 0.588. The number of nitrogens with zero attached hydrogens (tertiary/aromatic N) is 1. The smallest absolute Gasteiger partial charge is 0.253 e. The zero-order valence-electron chi connectivity index (χ0n) is 9.20. The SMILES string of the molecule is O=C(c1ccc(I)c(Cl)c1)N1CCC[C@H](O)C1. The number of benzene rings is 1. The van der Waals surface area contributed by atoms with Crippen LogP contribution in [-0.2, 0) is 0 Å². The maximum atomic E-state index is 12.2. The monoisotopic (exact) mass is 365 g/mol. The van der Waals surface area contributed by atoms with E-state index in [1.807, 2.05) is 6.07 Å². The van der Waals surface area contributed by atoms with Gasteiger partial charge in [0.05, 0.1) is 11.1 Å². The lowest BCUT2D eigenvalue weighted by atomic mass is 10.1. The van der Waals surface area contributed by atoms with Crippen molar-refractivity contribution in [1.82, 2.24) is 4.90 Å². The van der Waals surface area contributed by atoms with Crippen LogP contribution in [0.2, 0.25) is 5.02 Å². The molecule has 0 spiro atoms. The van der Waals surface area contributed by atoms with Gasteiger partial charge in [0.2, 0.25) is 0 Å². The summed E-state index contributed by atoms with van der Waals surface area (Å²) in [6, 6.07) is 5.29. The molecule has 5 heteroatoms. The second kappa shape index (κ2) is 5.54. The molecule has 0 radical (unpaired) electrons. The molecule has 1 saturated heterocycles. The maximum Gasteiger partial charge on any atom is 0.253 e. The fourth-order valence-electron chi connectivity index (χ4n) is 1.95. The van der Waals surface area contributed by atoms with Crippen molar-refractivity contribution in [2.24, 2.45) is 0 Å². The number of carbonyl (C=O) groups excluding carboxylic acids is 1. The molecule has 17 heavy (non-hydrogen) atoms. The van der Waals surface area contributed by atoms with E-state index in [1.165, 1.54) is 0 Å². The molecule has 1 amide bonds. The standard InChI is InChI=1S/C12H13ClINO2/c13-10-6-8(3-4-11(10)14)12(17)15-5-1-2-9(16)7-15/h3-4,6,9,16H,1-2,5,7H2/t9-/m0/s1. The molecule has 0 aromatic heterocycles. The fourth-order valence-corrected chi connectivity index (χ4v) is 2.47. The predicted octanol–water partition coefficient (Wildman–Crippen LogP) is 2.54. The third-order valence-electron chi connectivity index (χ3n) is 2.85. The van der Waals surface area contributed by atoms with Crippen LogP contribution in [-0.4, -0.2) is 35.1 Å². The van der Waals surface area contributed by atoms with Crippen molar-refractivity contribution in [3.05, 3.63) is 32.4 Å². The first-order valence-corrected chi connectivity index (χ1v) is 6.96. The summed E-state index contributed by atoms with van der Waals surface area (Å²) in [4.78, 5) is 13.8. The number of halogens is 2. The number of likely N-dealkylation sites (tertiary alicyclic amines) is 1. The lowest BCUT2D eigenvalue weighted by molar-refractivity contribution is 0.0474. The molecular formula is C12H13ClINO2. The van der Waals surface area contributed by atoms with Gasteiger partial charge in [0.25, 0.3) is 5.91 Å². The number of rotatable bonds is 1. The Hall–Kier alpha value is -0.330. The van der Waals surface area contributed by atoms with Crippen molar-refractivity contribution in [2.45, 2.75) is 18.9 Å². The molecule has 92 valence electrons. The van der Waals surface area contributed by atoms with Gasteiger partial charge in [-0.15, -0.1) is 0 Å². The van der Waals surface area contributed by atoms with Gasteiger partial charge in [-0.3, -0.25) is 4.79 Å². The minimum absolute atomic E-state index is 0.0537. The Morgan fingerprint density at radius 3 is 2.94 bits per heavy atom. The van der Waals surface area contributed by atoms with Crippen molar-refractivity contribution in [3.8, 4) is 0 Å². The molecule has 0 aliphatic carbocycles. The molecule has 0 bridgehead atoms. The van der Waals surface area contributed by atoms with Crippen LogP contribution in [0.3, 0.4) is 0 Å². The first-order chi connectivity index (χ1) is 8.08. The number of aliphatic hydroxyl groups excluding tert-OH is 1. The summed E-state index contributed by atoms with van der Waals surface area (Å²) in [6.45, 7) is 1.13. The van der Waals surface area contributed by atoms with Crippen molar-refractivity contribution in [1.29, 1.82) is 0 Å². The van der Waals surface area contributed by atoms with E-state index in [4.69, 9.17) is 11.6 Å². The van der Waals surface area contributed by atoms with Gasteiger partial charge < -0.3 is 10.0 Å². The maximum absolute atomic E-state index is 12.2. The van der Waals surface area contributed by atoms with E-state index in [2.05, 4.69) is 22.6 Å². The highest BCUT2D eigenvalue weighted by atomic mass is 127. The van der Waals surface area contributed by atoms with Crippen LogP contribution in [0.5, 0.6) is 0 Å². The van der Waals surface area contributed by atoms with Crippen LogP contribution >= 0.6 is 34.2 Å². The Morgan fingerprint density at radius 1 is 1.53 bits per heavy atom. The predicted molar refractivity (Wildman–Crippen MR) is 75.3 cm³/mol. The quantitative estimate of drug-likeness (QED) is 0.777. The average Bonchev–Trinajstić information content (AvgIpc) is 2.32. The number of β-amino-alcohol motifs (C(OH)–C–C–N with tert-alkyl or cyclic N) is 1. The second-order valence-corrected chi connectivity index (χ2v) is 5.75. The summed E-state index contributed by atoms with van der Waals surface area (Å²) in [5, 5.41) is 10.1. The van der Waals surface area contributed by atoms with Crippen molar-refractivity contribution >= 4 is 40.1 Å². The molecule has 0 saturated carbocycles. The lowest BCUT2D eigenvalue weighted by Crippen LogP contribution is -2.42. The van der Waals surface area contributed by atoms with E-state index < -0.39 is 6.10 Å². The van der Waals surface area contributed by atoms with Gasteiger partial charge in [-0.2, -0.15) is 0 Å². The fraction of sp³-hybridized carbons (Fsp3) is 0.417. The molecule has 1 atom stereocenters. The van der Waals surface area contributed by atoms with Crippen LogP contribution in [0, 0.1) is 3.57 Å². The van der Waals surface area contributed by atoms with Gasteiger partial charge in [0.15, 0.2) is 0 Å². The molecule has 1 aromatic carbocycles. The molecule has 1 N–H and O–H groups in total. The number of amides is 1. The minimum Gasteiger partial charge on any atom is -0.391 e. The van der Waals surface area contributed by atoms with Gasteiger partial charge in [0.1, 0.15) is 0 Å². The first-order valence-electron chi connectivity index (χ1n) is 5.50. The van der Waals surface area contributed by atoms with Gasteiger partial charge in [-0.1, -0.05) is 11.6 Å². The van der Waals surface area contributed by atoms with E-state index in [0.29, 0.717) is 23.7 Å². The Balaban J connectivity index is 2.15. The molecule has 1 aromatic rings. The highest BCUT2D eigenvalue weighted by Crippen LogP contribution is 2.21. The van der Waals surface area contributed by atoms with E-state index in [0.717, 1.165) is 16.4 Å². The minimum atomic E-state index is -0.396. The molecule has 1 heterocycles. The molecule has 1 fully saturated rings. The molecule has 2 rings (SSSR count). The van der Waals surface area contributed by atoms with E-state index in [1.54, 1.807) is 17.0 Å². The summed E-state index contributed by atoms with van der Waals surface area (Å²) in [5.74, 6) is -0.0537. The number of aliphatic hydroxyl groups is 1. The number of piperidine rings is 1. The van der Waals surface area contributed by atoms with Crippen LogP contribution in [0.1, 0.15) is 23.2 Å². The summed E-state index contributed by atoms with van der Waals surface area (Å²) < 4.78 is 0.930. The Morgan fingerprint density at radius 2 is 2.29 bits per heavy atom. The van der Waals surface area contributed by atoms with Gasteiger partial charge in [0, 0.05) is 22.2 Å².